The van der Waals surface area contributed by atoms with Gasteiger partial charge in [0.05, 0.1) is 36.6 Å². The molecule has 1 aliphatic heterocycles. The minimum absolute atomic E-state index is 0.316. The molecule has 1 unspecified atom stereocenters. The summed E-state index contributed by atoms with van der Waals surface area (Å²) in [6.07, 6.45) is 0. The number of fused-ring (bicyclic) bond motifs is 1. The molecule has 2 heterocycles. The van der Waals surface area contributed by atoms with Gasteiger partial charge in [-0.1, -0.05) is 17.2 Å². The molecule has 0 saturated carbocycles. The van der Waals surface area contributed by atoms with Gasteiger partial charge in [-0.25, -0.2) is 0 Å². The molecule has 0 spiro atoms. The Balaban J connectivity index is 1.80. The topological polar surface area (TPSA) is 112 Å². The third-order valence-corrected chi connectivity index (χ3v) is 5.75. The van der Waals surface area contributed by atoms with Crippen LogP contribution < -0.4 is 24.8 Å². The maximum Gasteiger partial charge on any atom is 0.255 e. The summed E-state index contributed by atoms with van der Waals surface area (Å²) in [5, 5.41) is 18.0. The van der Waals surface area contributed by atoms with Crippen molar-refractivity contribution in [3.05, 3.63) is 57.7 Å². The van der Waals surface area contributed by atoms with E-state index in [4.69, 9.17) is 14.2 Å². The lowest BCUT2D eigenvalue weighted by atomic mass is 9.94. The summed E-state index contributed by atoms with van der Waals surface area (Å²) in [5.41, 5.74) is 2.37. The number of para-hydroxylation sites is 2. The lowest BCUT2D eigenvalue weighted by Crippen LogP contribution is -2.31. The fourth-order valence-corrected chi connectivity index (χ4v) is 4.37. The van der Waals surface area contributed by atoms with Gasteiger partial charge < -0.3 is 24.8 Å². The maximum absolute atomic E-state index is 13.6. The molecule has 0 aliphatic carbocycles. The summed E-state index contributed by atoms with van der Waals surface area (Å²) in [7, 11) is 3.11. The van der Waals surface area contributed by atoms with E-state index in [2.05, 4.69) is 42.1 Å². The predicted molar refractivity (Wildman–Crippen MR) is 126 cm³/mol. The van der Waals surface area contributed by atoms with Crippen molar-refractivity contribution >= 4 is 33.5 Å². The molecule has 10 nitrogen and oxygen atoms in total. The molecule has 0 fully saturated rings. The van der Waals surface area contributed by atoms with Gasteiger partial charge in [-0.05, 0) is 70.0 Å². The highest BCUT2D eigenvalue weighted by molar-refractivity contribution is 9.10. The van der Waals surface area contributed by atoms with Crippen LogP contribution in [0.3, 0.4) is 0 Å². The van der Waals surface area contributed by atoms with Crippen LogP contribution in [0, 0.1) is 0 Å². The molecular weight excluding hydrogens is 492 g/mol. The van der Waals surface area contributed by atoms with Crippen molar-refractivity contribution in [3.8, 4) is 17.2 Å². The van der Waals surface area contributed by atoms with E-state index < -0.39 is 6.04 Å². The second-order valence-electron chi connectivity index (χ2n) is 7.13. The number of carbonyl (C=O) groups excluding carboxylic acids is 1. The molecule has 0 bridgehead atoms. The van der Waals surface area contributed by atoms with Gasteiger partial charge in [0.15, 0.2) is 11.5 Å². The van der Waals surface area contributed by atoms with Crippen molar-refractivity contribution in [2.24, 2.45) is 0 Å². The highest BCUT2D eigenvalue weighted by atomic mass is 79.9. The first kappa shape index (κ1) is 22.6. The number of nitrogens with one attached hydrogen (secondary N) is 2. The summed E-state index contributed by atoms with van der Waals surface area (Å²) < 4.78 is 18.8. The number of allylic oxidation sites excluding steroid dienone is 1. The van der Waals surface area contributed by atoms with E-state index in [9.17, 15) is 4.79 Å². The summed E-state index contributed by atoms with van der Waals surface area (Å²) in [6.45, 7) is 4.18. The largest absolute Gasteiger partial charge is 0.493 e. The van der Waals surface area contributed by atoms with Crippen LogP contribution in [0.4, 0.5) is 11.6 Å². The first-order valence-corrected chi connectivity index (χ1v) is 11.0. The molecule has 1 atom stereocenters. The number of aromatic nitrogens is 4. The fraction of sp³-hybridized carbons (Fsp3) is 0.273. The summed E-state index contributed by atoms with van der Waals surface area (Å²) in [4.78, 5) is 13.6. The normalized spacial score (nSPS) is 14.9. The number of rotatable bonds is 7. The smallest absolute Gasteiger partial charge is 0.255 e. The summed E-state index contributed by atoms with van der Waals surface area (Å²) in [6, 6.07) is 10.3. The SMILES string of the molecule is CCOc1ccccc1NC(=O)C1=C(C)Nc2nnnn2C1c1cc(Br)c(OC)c(OC)c1. The van der Waals surface area contributed by atoms with Gasteiger partial charge >= 0.3 is 0 Å². The van der Waals surface area contributed by atoms with Crippen molar-refractivity contribution in [1.29, 1.82) is 0 Å². The molecule has 1 aromatic heterocycles. The number of nitrogens with zero attached hydrogens (tertiary/aromatic N) is 4. The van der Waals surface area contributed by atoms with Crippen LogP contribution in [0.5, 0.6) is 17.2 Å². The average Bonchev–Trinajstić information content (AvgIpc) is 3.26. The number of anilines is 2. The number of hydrogen-bond acceptors (Lipinski definition) is 8. The summed E-state index contributed by atoms with van der Waals surface area (Å²) in [5.74, 6) is 1.75. The van der Waals surface area contributed by atoms with Gasteiger partial charge in [-0.3, -0.25) is 4.79 Å². The summed E-state index contributed by atoms with van der Waals surface area (Å²) >= 11 is 3.53. The Hall–Kier alpha value is -3.60. The molecular formula is C22H23BrN6O4. The second-order valence-corrected chi connectivity index (χ2v) is 7.99. The van der Waals surface area contributed by atoms with Crippen molar-refractivity contribution in [2.45, 2.75) is 19.9 Å². The van der Waals surface area contributed by atoms with E-state index in [0.717, 1.165) is 5.56 Å². The van der Waals surface area contributed by atoms with E-state index in [1.165, 1.54) is 0 Å². The van der Waals surface area contributed by atoms with Crippen LogP contribution in [-0.2, 0) is 4.79 Å². The Labute approximate surface area is 199 Å². The number of amides is 1. The number of tetrazole rings is 1. The Morgan fingerprint density at radius 2 is 2.00 bits per heavy atom. The Kier molecular flexibility index (Phi) is 6.50. The minimum atomic E-state index is -0.619. The number of halogens is 1. The van der Waals surface area contributed by atoms with Gasteiger partial charge in [0.25, 0.3) is 5.91 Å². The Morgan fingerprint density at radius 1 is 1.21 bits per heavy atom. The number of carbonyl (C=O) groups is 1. The van der Waals surface area contributed by atoms with Crippen molar-refractivity contribution in [1.82, 2.24) is 20.2 Å². The zero-order chi connectivity index (χ0) is 23.5. The number of ether oxygens (including phenoxy) is 3. The van der Waals surface area contributed by atoms with E-state index in [1.54, 1.807) is 31.0 Å². The van der Waals surface area contributed by atoms with Gasteiger partial charge in [0.1, 0.15) is 11.8 Å². The van der Waals surface area contributed by atoms with Crippen LogP contribution in [0.1, 0.15) is 25.5 Å². The monoisotopic (exact) mass is 514 g/mol. The third-order valence-electron chi connectivity index (χ3n) is 5.17. The third kappa shape index (κ3) is 4.23. The molecule has 0 radical (unpaired) electrons. The number of hydrogen-bond donors (Lipinski definition) is 2. The Morgan fingerprint density at radius 3 is 2.73 bits per heavy atom. The van der Waals surface area contributed by atoms with E-state index in [0.29, 0.717) is 51.2 Å². The molecule has 4 rings (SSSR count). The molecule has 2 N–H and O–H groups in total. The first-order valence-electron chi connectivity index (χ1n) is 10.2. The van der Waals surface area contributed by atoms with Crippen LogP contribution in [-0.4, -0.2) is 46.9 Å². The first-order chi connectivity index (χ1) is 16.0. The minimum Gasteiger partial charge on any atom is -0.493 e. The average molecular weight is 515 g/mol. The molecule has 1 aliphatic rings. The molecule has 11 heteroatoms. The van der Waals surface area contributed by atoms with Crippen molar-refractivity contribution in [2.75, 3.05) is 31.5 Å². The fourth-order valence-electron chi connectivity index (χ4n) is 3.75. The Bertz CT molecular complexity index is 1230. The van der Waals surface area contributed by atoms with Gasteiger partial charge in [0, 0.05) is 5.70 Å². The zero-order valence-electron chi connectivity index (χ0n) is 18.5. The van der Waals surface area contributed by atoms with Gasteiger partial charge in [-0.15, -0.1) is 0 Å². The van der Waals surface area contributed by atoms with Crippen LogP contribution in [0.15, 0.2) is 52.1 Å². The molecule has 1 amide bonds. The quantitative estimate of drug-likeness (QED) is 0.489. The maximum atomic E-state index is 13.6. The van der Waals surface area contributed by atoms with Crippen LogP contribution >= 0.6 is 15.9 Å². The molecule has 33 heavy (non-hydrogen) atoms. The van der Waals surface area contributed by atoms with E-state index in [1.807, 2.05) is 38.1 Å². The van der Waals surface area contributed by atoms with Crippen LogP contribution in [0.25, 0.3) is 0 Å². The van der Waals surface area contributed by atoms with Crippen molar-refractivity contribution < 1.29 is 19.0 Å². The molecule has 172 valence electrons. The number of benzene rings is 2. The highest BCUT2D eigenvalue weighted by Gasteiger charge is 2.35. The van der Waals surface area contributed by atoms with Crippen LogP contribution in [0.2, 0.25) is 0 Å². The lowest BCUT2D eigenvalue weighted by Gasteiger charge is -2.28. The van der Waals surface area contributed by atoms with E-state index in [-0.39, 0.29) is 5.91 Å². The second kappa shape index (κ2) is 9.49. The molecule has 2 aromatic carbocycles. The highest BCUT2D eigenvalue weighted by Crippen LogP contribution is 2.42. The lowest BCUT2D eigenvalue weighted by molar-refractivity contribution is -0.113. The molecule has 3 aromatic rings. The van der Waals surface area contributed by atoms with Crippen molar-refractivity contribution in [3.63, 3.8) is 0 Å². The van der Waals surface area contributed by atoms with Gasteiger partial charge in [0.2, 0.25) is 5.95 Å². The standard InChI is InChI=1S/C22H23BrN6O4/c1-5-33-16-9-7-6-8-15(16)25-21(30)18-12(2)24-22-26-27-28-29(22)19(18)13-10-14(23)20(32-4)17(11-13)31-3/h6-11,19H,5H2,1-4H3,(H,25,30)(H,24,26,28). The van der Waals surface area contributed by atoms with E-state index >= 15 is 0 Å². The zero-order valence-corrected chi connectivity index (χ0v) is 20.1. The number of methoxy groups -OCH3 is 2. The van der Waals surface area contributed by atoms with Gasteiger partial charge in [-0.2, -0.15) is 4.68 Å². The molecule has 0 saturated heterocycles. The predicted octanol–water partition coefficient (Wildman–Crippen LogP) is 3.78.